The van der Waals surface area contributed by atoms with Crippen LogP contribution in [0.25, 0.3) is 22.2 Å². The van der Waals surface area contributed by atoms with Gasteiger partial charge in [-0.05, 0) is 55.3 Å². The van der Waals surface area contributed by atoms with Crippen LogP contribution in [0.5, 0.6) is 0 Å². The van der Waals surface area contributed by atoms with E-state index < -0.39 is 0 Å². The lowest BCUT2D eigenvalue weighted by Crippen LogP contribution is -2.03. The van der Waals surface area contributed by atoms with E-state index in [0.29, 0.717) is 0 Å². The molecule has 4 aromatic rings. The number of benzene rings is 2. The van der Waals surface area contributed by atoms with Gasteiger partial charge in [-0.2, -0.15) is 0 Å². The van der Waals surface area contributed by atoms with Crippen molar-refractivity contribution in [1.82, 2.24) is 9.55 Å². The second-order valence-electron chi connectivity index (χ2n) is 6.49. The zero-order valence-electron chi connectivity index (χ0n) is 14.6. The van der Waals surface area contributed by atoms with E-state index in [1.165, 1.54) is 22.2 Å². The lowest BCUT2D eigenvalue weighted by atomic mass is 10.1. The number of aromatic nitrogens is 2. The fourth-order valence-corrected chi connectivity index (χ4v) is 3.64. The summed E-state index contributed by atoms with van der Waals surface area (Å²) in [4.78, 5) is 4.69. The third-order valence-electron chi connectivity index (χ3n) is 4.92. The van der Waals surface area contributed by atoms with Gasteiger partial charge in [-0.1, -0.05) is 47.5 Å². The molecule has 0 unspecified atom stereocenters. The highest BCUT2D eigenvalue weighted by molar-refractivity contribution is 6.30. The quantitative estimate of drug-likeness (QED) is 0.387. The molecular formula is C22H18Cl2N2. The normalized spacial score (nSPS) is 11.2. The molecule has 0 bridgehead atoms. The largest absolute Gasteiger partial charge is 0.338 e. The Hall–Kier alpha value is -2.29. The van der Waals surface area contributed by atoms with Gasteiger partial charge in [0.15, 0.2) is 0 Å². The van der Waals surface area contributed by atoms with Crippen molar-refractivity contribution < 1.29 is 0 Å². The Labute approximate surface area is 163 Å². The van der Waals surface area contributed by atoms with Crippen molar-refractivity contribution in [3.8, 4) is 11.3 Å². The second-order valence-corrected chi connectivity index (χ2v) is 7.36. The van der Waals surface area contributed by atoms with Crippen molar-refractivity contribution in [2.45, 2.75) is 20.4 Å². The van der Waals surface area contributed by atoms with E-state index in [2.05, 4.69) is 36.6 Å². The summed E-state index contributed by atoms with van der Waals surface area (Å²) in [5.41, 5.74) is 6.93. The summed E-state index contributed by atoms with van der Waals surface area (Å²) in [6.45, 7) is 5.11. The van der Waals surface area contributed by atoms with Gasteiger partial charge in [-0.3, -0.25) is 4.98 Å². The van der Waals surface area contributed by atoms with Crippen LogP contribution in [0, 0.1) is 13.8 Å². The molecular weight excluding hydrogens is 363 g/mol. The van der Waals surface area contributed by atoms with E-state index in [1.54, 1.807) is 0 Å². The maximum atomic E-state index is 6.06. The Kier molecular flexibility index (Phi) is 4.47. The SMILES string of the molecule is Cc1c(C)n(Cc2ccc(Cl)cc2)c2c(-c3ccc(Cl)cc3)nccc12. The molecule has 0 aliphatic carbocycles. The van der Waals surface area contributed by atoms with Crippen molar-refractivity contribution in [3.63, 3.8) is 0 Å². The summed E-state index contributed by atoms with van der Waals surface area (Å²) in [6, 6.07) is 18.0. The van der Waals surface area contributed by atoms with E-state index in [-0.39, 0.29) is 0 Å². The van der Waals surface area contributed by atoms with Crippen molar-refractivity contribution in [3.05, 3.63) is 87.7 Å². The Balaban J connectivity index is 1.93. The number of fused-ring (bicyclic) bond motifs is 1. The zero-order valence-corrected chi connectivity index (χ0v) is 16.1. The van der Waals surface area contributed by atoms with Crippen LogP contribution in [-0.2, 0) is 6.54 Å². The molecule has 0 saturated heterocycles. The first-order valence-corrected chi connectivity index (χ1v) is 9.25. The van der Waals surface area contributed by atoms with Gasteiger partial charge < -0.3 is 4.57 Å². The molecule has 0 saturated carbocycles. The molecule has 0 fully saturated rings. The minimum atomic E-state index is 0.727. The maximum Gasteiger partial charge on any atom is 0.0945 e. The molecule has 0 radical (unpaired) electrons. The summed E-state index contributed by atoms with van der Waals surface area (Å²) in [5.74, 6) is 0. The van der Waals surface area contributed by atoms with E-state index in [1.807, 2.05) is 42.6 Å². The smallest absolute Gasteiger partial charge is 0.0945 e. The van der Waals surface area contributed by atoms with Crippen LogP contribution < -0.4 is 0 Å². The first kappa shape index (κ1) is 17.1. The van der Waals surface area contributed by atoms with E-state index in [9.17, 15) is 0 Å². The van der Waals surface area contributed by atoms with Gasteiger partial charge in [0.05, 0.1) is 11.2 Å². The average Bonchev–Trinajstić information content (AvgIpc) is 2.89. The number of halogens is 2. The summed E-state index contributed by atoms with van der Waals surface area (Å²) in [6.07, 6.45) is 1.88. The molecule has 2 aromatic carbocycles. The van der Waals surface area contributed by atoms with Gasteiger partial charge in [0.2, 0.25) is 0 Å². The number of rotatable bonds is 3. The van der Waals surface area contributed by atoms with E-state index in [0.717, 1.165) is 33.4 Å². The van der Waals surface area contributed by atoms with Gasteiger partial charge in [-0.25, -0.2) is 0 Å². The lowest BCUT2D eigenvalue weighted by Gasteiger charge is -2.12. The van der Waals surface area contributed by atoms with Crippen molar-refractivity contribution in [2.24, 2.45) is 0 Å². The first-order chi connectivity index (χ1) is 12.5. The number of pyridine rings is 1. The monoisotopic (exact) mass is 380 g/mol. The molecule has 4 heteroatoms. The summed E-state index contributed by atoms with van der Waals surface area (Å²) in [7, 11) is 0. The Morgan fingerprint density at radius 1 is 0.846 bits per heavy atom. The predicted octanol–water partition coefficient (Wildman–Crippen LogP) is 6.68. The fourth-order valence-electron chi connectivity index (χ4n) is 3.38. The molecule has 2 nitrogen and oxygen atoms in total. The number of aryl methyl sites for hydroxylation is 1. The second kappa shape index (κ2) is 6.79. The maximum absolute atomic E-state index is 6.06. The predicted molar refractivity (Wildman–Crippen MR) is 110 cm³/mol. The standard InChI is InChI=1S/C22H18Cl2N2/c1-14-15(2)26(13-16-3-7-18(23)8-4-16)22-20(14)11-12-25-21(22)17-5-9-19(24)10-6-17/h3-12H,13H2,1-2H3. The van der Waals surface area contributed by atoms with Crippen molar-refractivity contribution in [2.75, 3.05) is 0 Å². The number of nitrogens with zero attached hydrogens (tertiary/aromatic N) is 2. The van der Waals surface area contributed by atoms with Gasteiger partial charge in [0.1, 0.15) is 0 Å². The van der Waals surface area contributed by atoms with Gasteiger partial charge in [0.25, 0.3) is 0 Å². The molecule has 26 heavy (non-hydrogen) atoms. The first-order valence-electron chi connectivity index (χ1n) is 8.49. The third kappa shape index (κ3) is 3.00. The summed E-state index contributed by atoms with van der Waals surface area (Å²) in [5, 5.41) is 2.71. The van der Waals surface area contributed by atoms with Crippen LogP contribution in [0.2, 0.25) is 10.0 Å². The molecule has 0 amide bonds. The van der Waals surface area contributed by atoms with Gasteiger partial charge >= 0.3 is 0 Å². The molecule has 130 valence electrons. The van der Waals surface area contributed by atoms with Crippen LogP contribution in [0.15, 0.2) is 60.8 Å². The molecule has 0 aliphatic rings. The van der Waals surface area contributed by atoms with Crippen LogP contribution in [0.1, 0.15) is 16.8 Å². The summed E-state index contributed by atoms with van der Waals surface area (Å²) < 4.78 is 2.34. The highest BCUT2D eigenvalue weighted by Crippen LogP contribution is 2.33. The molecule has 2 aromatic heterocycles. The van der Waals surface area contributed by atoms with E-state index >= 15 is 0 Å². The Morgan fingerprint density at radius 3 is 2.12 bits per heavy atom. The molecule has 0 aliphatic heterocycles. The Bertz CT molecular complexity index is 1080. The molecule has 0 atom stereocenters. The Morgan fingerprint density at radius 2 is 1.46 bits per heavy atom. The van der Waals surface area contributed by atoms with E-state index in [4.69, 9.17) is 28.2 Å². The van der Waals surface area contributed by atoms with Crippen LogP contribution in [-0.4, -0.2) is 9.55 Å². The van der Waals surface area contributed by atoms with Crippen molar-refractivity contribution >= 4 is 34.1 Å². The van der Waals surface area contributed by atoms with Crippen LogP contribution in [0.3, 0.4) is 0 Å². The minimum Gasteiger partial charge on any atom is -0.338 e. The van der Waals surface area contributed by atoms with Gasteiger partial charge in [0, 0.05) is 39.4 Å². The molecule has 2 heterocycles. The van der Waals surface area contributed by atoms with Gasteiger partial charge in [-0.15, -0.1) is 0 Å². The van der Waals surface area contributed by atoms with Crippen LogP contribution >= 0.6 is 23.2 Å². The lowest BCUT2D eigenvalue weighted by molar-refractivity contribution is 0.800. The fraction of sp³-hybridized carbons (Fsp3) is 0.136. The molecule has 4 rings (SSSR count). The number of hydrogen-bond donors (Lipinski definition) is 0. The van der Waals surface area contributed by atoms with Crippen LogP contribution in [0.4, 0.5) is 0 Å². The minimum absolute atomic E-state index is 0.727. The highest BCUT2D eigenvalue weighted by Gasteiger charge is 2.16. The molecule has 0 N–H and O–H groups in total. The highest BCUT2D eigenvalue weighted by atomic mass is 35.5. The topological polar surface area (TPSA) is 17.8 Å². The van der Waals surface area contributed by atoms with Crippen molar-refractivity contribution in [1.29, 1.82) is 0 Å². The zero-order chi connectivity index (χ0) is 18.3. The third-order valence-corrected chi connectivity index (χ3v) is 5.42. The summed E-state index contributed by atoms with van der Waals surface area (Å²) >= 11 is 12.1. The molecule has 0 spiro atoms. The number of hydrogen-bond acceptors (Lipinski definition) is 1. The average molecular weight is 381 g/mol.